The van der Waals surface area contributed by atoms with Crippen molar-refractivity contribution in [3.63, 3.8) is 0 Å². The first-order chi connectivity index (χ1) is 2.00. The van der Waals surface area contributed by atoms with Crippen LogP contribution in [0.15, 0.2) is 0 Å². The number of hydrogen-bond acceptors (Lipinski definition) is 2. The molecule has 0 aromatic carbocycles. The van der Waals surface area contributed by atoms with Crippen LogP contribution in [0.2, 0.25) is 0 Å². The van der Waals surface area contributed by atoms with Crippen molar-refractivity contribution < 1.29 is 55.0 Å². The summed E-state index contributed by atoms with van der Waals surface area (Å²) in [7, 11) is -4.67. The Morgan fingerprint density at radius 2 is 0.889 bits per heavy atom. The quantitative estimate of drug-likeness (QED) is 0.545. The minimum absolute atomic E-state index is 0. The Labute approximate surface area is 65.8 Å². The molecule has 0 unspecified atom stereocenters. The van der Waals surface area contributed by atoms with Crippen LogP contribution in [0.5, 0.6) is 0 Å². The molecule has 0 aliphatic carbocycles. The van der Waals surface area contributed by atoms with Crippen molar-refractivity contribution in [2.24, 2.45) is 0 Å². The summed E-state index contributed by atoms with van der Waals surface area (Å²) in [6, 6.07) is 0. The van der Waals surface area contributed by atoms with E-state index in [4.69, 9.17) is 17.5 Å². The molecule has 0 aromatic heterocycles. The second-order valence-corrected chi connectivity index (χ2v) is 1.34. The van der Waals surface area contributed by atoms with Crippen molar-refractivity contribution in [3.8, 4) is 0 Å². The van der Waals surface area contributed by atoms with Gasteiger partial charge < -0.3 is 16.4 Å². The standard InChI is InChI=1S/H2O4S.3O.W/c1-5(2,3)4;;;;/h(H2,1,2,3,4);;;;/q;3*-2;. The average molecular weight is 330 g/mol. The second kappa shape index (κ2) is 11.3. The smallest absolute Gasteiger partial charge is 0.394 e. The van der Waals surface area contributed by atoms with Crippen LogP contribution in [0.3, 0.4) is 0 Å². The van der Waals surface area contributed by atoms with E-state index in [1.165, 1.54) is 0 Å². The fourth-order valence-electron chi connectivity index (χ4n) is 0. The van der Waals surface area contributed by atoms with Crippen LogP contribution in [-0.2, 0) is 47.9 Å². The molecule has 0 aliphatic heterocycles. The van der Waals surface area contributed by atoms with Gasteiger partial charge in [0.05, 0.1) is 0 Å². The van der Waals surface area contributed by atoms with Crippen LogP contribution in [0, 0.1) is 0 Å². The van der Waals surface area contributed by atoms with E-state index in [9.17, 15) is 0 Å². The first-order valence-electron chi connectivity index (χ1n) is 0.698. The van der Waals surface area contributed by atoms with Gasteiger partial charge in [-0.15, -0.1) is 0 Å². The van der Waals surface area contributed by atoms with Crippen molar-refractivity contribution in [2.75, 3.05) is 0 Å². The van der Waals surface area contributed by atoms with E-state index in [1.54, 1.807) is 0 Å². The topological polar surface area (TPSA) is 160 Å². The van der Waals surface area contributed by atoms with Crippen LogP contribution >= 0.6 is 0 Å². The van der Waals surface area contributed by atoms with Crippen LogP contribution < -0.4 is 0 Å². The maximum absolute atomic E-state index is 8.74. The molecule has 0 rings (SSSR count). The number of hydrogen-bond donors (Lipinski definition) is 2. The Morgan fingerprint density at radius 3 is 0.889 bits per heavy atom. The normalized spacial score (nSPS) is 6.44. The molecule has 9 heavy (non-hydrogen) atoms. The molecule has 2 N–H and O–H groups in total. The Morgan fingerprint density at radius 1 is 0.889 bits per heavy atom. The molecule has 0 bridgehead atoms. The summed E-state index contributed by atoms with van der Waals surface area (Å²) in [4.78, 5) is 0. The Balaban J connectivity index is -0.0000000133. The monoisotopic (exact) mass is 330 g/mol. The van der Waals surface area contributed by atoms with E-state index in [1.807, 2.05) is 0 Å². The molecule has 0 radical (unpaired) electrons. The third kappa shape index (κ3) is 1820. The first kappa shape index (κ1) is 34.1. The third-order valence-corrected chi connectivity index (χ3v) is 0. The van der Waals surface area contributed by atoms with E-state index < -0.39 is 10.4 Å². The Bertz CT molecular complexity index is 92.1. The van der Waals surface area contributed by atoms with Gasteiger partial charge in [0.15, 0.2) is 0 Å². The van der Waals surface area contributed by atoms with Crippen molar-refractivity contribution in [1.82, 2.24) is 0 Å². The maximum Gasteiger partial charge on any atom is 0.394 e. The summed E-state index contributed by atoms with van der Waals surface area (Å²) < 4.78 is 31.6. The molecule has 0 aliphatic rings. The molecule has 9 heteroatoms. The molecule has 0 saturated heterocycles. The van der Waals surface area contributed by atoms with Gasteiger partial charge >= 0.3 is 10.4 Å². The van der Waals surface area contributed by atoms with E-state index >= 15 is 0 Å². The summed E-state index contributed by atoms with van der Waals surface area (Å²) >= 11 is 0. The zero-order valence-electron chi connectivity index (χ0n) is 3.75. The molecule has 0 spiro atoms. The van der Waals surface area contributed by atoms with Gasteiger partial charge in [0, 0.05) is 21.1 Å². The van der Waals surface area contributed by atoms with Gasteiger partial charge in [-0.3, -0.25) is 9.11 Å². The Kier molecular flexibility index (Phi) is 42.7. The van der Waals surface area contributed by atoms with Gasteiger partial charge in [-0.25, -0.2) is 0 Å². The third-order valence-electron chi connectivity index (χ3n) is 0. The van der Waals surface area contributed by atoms with Crippen LogP contribution in [0.1, 0.15) is 0 Å². The molecule has 0 saturated carbocycles. The minimum atomic E-state index is -4.67. The first-order valence-corrected chi connectivity index (χ1v) is 2.10. The Hall–Kier alpha value is 0.438. The van der Waals surface area contributed by atoms with Gasteiger partial charge in [-0.05, 0) is 0 Å². The van der Waals surface area contributed by atoms with Gasteiger partial charge in [0.2, 0.25) is 0 Å². The predicted octanol–water partition coefficient (Wildman–Crippen LogP) is -1.01. The molecule has 0 atom stereocenters. The fourth-order valence-corrected chi connectivity index (χ4v) is 0. The molecule has 0 heterocycles. The van der Waals surface area contributed by atoms with Gasteiger partial charge in [-0.1, -0.05) is 0 Å². The van der Waals surface area contributed by atoms with E-state index in [-0.39, 0.29) is 37.5 Å². The van der Waals surface area contributed by atoms with E-state index in [0.717, 1.165) is 0 Å². The van der Waals surface area contributed by atoms with Crippen LogP contribution in [-0.4, -0.2) is 17.5 Å². The molecular formula is H2O7SW-6. The van der Waals surface area contributed by atoms with Crippen molar-refractivity contribution in [1.29, 1.82) is 0 Å². The average Bonchev–Trinajstić information content (AvgIpc) is 0.722. The van der Waals surface area contributed by atoms with Crippen molar-refractivity contribution in [2.45, 2.75) is 0 Å². The molecule has 0 fully saturated rings. The second-order valence-electron chi connectivity index (χ2n) is 0.448. The van der Waals surface area contributed by atoms with E-state index in [0.29, 0.717) is 0 Å². The largest absolute Gasteiger partial charge is 2.00 e. The zero-order valence-corrected chi connectivity index (χ0v) is 7.50. The SMILES string of the molecule is O=S(=O)(O)O.[O-2].[O-2].[O-2].[W]. The van der Waals surface area contributed by atoms with Crippen LogP contribution in [0.25, 0.3) is 0 Å². The minimum Gasteiger partial charge on any atom is -2.00 e. The van der Waals surface area contributed by atoms with Crippen molar-refractivity contribution >= 4 is 10.4 Å². The summed E-state index contributed by atoms with van der Waals surface area (Å²) in [6.07, 6.45) is 0. The van der Waals surface area contributed by atoms with Crippen molar-refractivity contribution in [3.05, 3.63) is 0 Å². The summed E-state index contributed by atoms with van der Waals surface area (Å²) in [5.41, 5.74) is 0. The number of rotatable bonds is 0. The molecule has 0 aromatic rings. The van der Waals surface area contributed by atoms with Crippen LogP contribution in [0.4, 0.5) is 0 Å². The predicted molar refractivity (Wildman–Crippen MR) is 16.2 cm³/mol. The molecular weight excluding hydrogens is 328 g/mol. The summed E-state index contributed by atoms with van der Waals surface area (Å²) in [5.74, 6) is 0. The van der Waals surface area contributed by atoms with Gasteiger partial charge in [0.25, 0.3) is 0 Å². The summed E-state index contributed by atoms with van der Waals surface area (Å²) in [6.45, 7) is 0. The molecule has 0 amide bonds. The fraction of sp³-hybridized carbons (Fsp3) is 0. The molecule has 62 valence electrons. The molecule has 7 nitrogen and oxygen atoms in total. The van der Waals surface area contributed by atoms with Gasteiger partial charge in [-0.2, -0.15) is 8.42 Å². The summed E-state index contributed by atoms with van der Waals surface area (Å²) in [5, 5.41) is 0. The van der Waals surface area contributed by atoms with Gasteiger partial charge in [0.1, 0.15) is 0 Å². The maximum atomic E-state index is 8.74. The van der Waals surface area contributed by atoms with E-state index in [2.05, 4.69) is 0 Å². The zero-order chi connectivity index (χ0) is 4.50.